The lowest BCUT2D eigenvalue weighted by molar-refractivity contribution is 0.587. The van der Waals surface area contributed by atoms with Crippen LogP contribution in [0.1, 0.15) is 32.4 Å². The highest BCUT2D eigenvalue weighted by molar-refractivity contribution is 5.55. The Kier molecular flexibility index (Phi) is 4.30. The van der Waals surface area contributed by atoms with E-state index in [-0.39, 0.29) is 11.9 Å². The molecule has 16 heavy (non-hydrogen) atoms. The zero-order chi connectivity index (χ0) is 12.3. The fourth-order valence-electron chi connectivity index (χ4n) is 1.96. The lowest BCUT2D eigenvalue weighted by Crippen LogP contribution is -2.25. The predicted molar refractivity (Wildman–Crippen MR) is 67.1 cm³/mol. The summed E-state index contributed by atoms with van der Waals surface area (Å²) in [6.07, 6.45) is 0. The van der Waals surface area contributed by atoms with Gasteiger partial charge in [0.15, 0.2) is 0 Å². The quantitative estimate of drug-likeness (QED) is 0.852. The van der Waals surface area contributed by atoms with Gasteiger partial charge >= 0.3 is 0 Å². The van der Waals surface area contributed by atoms with E-state index in [2.05, 4.69) is 18.7 Å². The van der Waals surface area contributed by atoms with Crippen molar-refractivity contribution in [2.75, 3.05) is 18.5 Å². The van der Waals surface area contributed by atoms with Crippen LogP contribution in [0, 0.1) is 11.7 Å². The molecule has 1 atom stereocenters. The van der Waals surface area contributed by atoms with Crippen LogP contribution in [0.4, 0.5) is 10.1 Å². The first-order chi connectivity index (χ1) is 7.43. The van der Waals surface area contributed by atoms with Crippen LogP contribution in [0.15, 0.2) is 18.2 Å². The smallest absolute Gasteiger partial charge is 0.130 e. The van der Waals surface area contributed by atoms with E-state index in [0.29, 0.717) is 11.5 Å². The van der Waals surface area contributed by atoms with Crippen LogP contribution in [-0.4, -0.2) is 13.6 Å². The minimum Gasteiger partial charge on any atom is -0.374 e. The zero-order valence-corrected chi connectivity index (χ0v) is 10.5. The third-order valence-electron chi connectivity index (χ3n) is 2.54. The van der Waals surface area contributed by atoms with Crippen molar-refractivity contribution in [3.8, 4) is 0 Å². The molecule has 2 nitrogen and oxygen atoms in total. The van der Waals surface area contributed by atoms with E-state index in [9.17, 15) is 4.39 Å². The molecule has 3 heteroatoms. The van der Waals surface area contributed by atoms with Crippen molar-refractivity contribution in [1.82, 2.24) is 0 Å². The molecule has 0 unspecified atom stereocenters. The number of hydrogen-bond donors (Lipinski definition) is 1. The van der Waals surface area contributed by atoms with Gasteiger partial charge in [0.05, 0.1) is 0 Å². The standard InChI is InChI=1S/C13H21FN2/c1-9(2)8-16(4)12-7-5-6-11(14)13(12)10(3)15/h5-7,9-10H,8,15H2,1-4H3/t10-/m1/s1. The van der Waals surface area contributed by atoms with Gasteiger partial charge in [-0.05, 0) is 25.0 Å². The van der Waals surface area contributed by atoms with Crippen LogP contribution >= 0.6 is 0 Å². The van der Waals surface area contributed by atoms with Gasteiger partial charge in [0, 0.05) is 30.9 Å². The van der Waals surface area contributed by atoms with Crippen LogP contribution in [0.25, 0.3) is 0 Å². The first-order valence-corrected chi connectivity index (χ1v) is 5.68. The van der Waals surface area contributed by atoms with Crippen LogP contribution in [-0.2, 0) is 0 Å². The molecule has 1 aromatic carbocycles. The van der Waals surface area contributed by atoms with Crippen LogP contribution in [0.3, 0.4) is 0 Å². The molecule has 2 N–H and O–H groups in total. The van der Waals surface area contributed by atoms with E-state index in [1.54, 1.807) is 6.07 Å². The van der Waals surface area contributed by atoms with Crippen molar-refractivity contribution >= 4 is 5.69 Å². The summed E-state index contributed by atoms with van der Waals surface area (Å²) in [7, 11) is 1.97. The normalized spacial score (nSPS) is 12.9. The molecule has 0 aromatic heterocycles. The topological polar surface area (TPSA) is 29.3 Å². The summed E-state index contributed by atoms with van der Waals surface area (Å²) in [5.74, 6) is 0.317. The van der Waals surface area contributed by atoms with Crippen molar-refractivity contribution < 1.29 is 4.39 Å². The minimum atomic E-state index is -0.286. The van der Waals surface area contributed by atoms with Gasteiger partial charge in [-0.2, -0.15) is 0 Å². The lowest BCUT2D eigenvalue weighted by atomic mass is 10.0. The number of halogens is 1. The molecule has 0 saturated heterocycles. The maximum absolute atomic E-state index is 13.7. The summed E-state index contributed by atoms with van der Waals surface area (Å²) in [6.45, 7) is 6.98. The molecule has 90 valence electrons. The van der Waals surface area contributed by atoms with Crippen molar-refractivity contribution in [3.63, 3.8) is 0 Å². The predicted octanol–water partition coefficient (Wildman–Crippen LogP) is 2.94. The number of nitrogens with zero attached hydrogens (tertiary/aromatic N) is 1. The van der Waals surface area contributed by atoms with Gasteiger partial charge < -0.3 is 10.6 Å². The molecule has 0 fully saturated rings. The number of nitrogens with two attached hydrogens (primary N) is 1. The Morgan fingerprint density at radius 1 is 1.31 bits per heavy atom. The molecule has 0 amide bonds. The van der Waals surface area contributed by atoms with Gasteiger partial charge in [-0.15, -0.1) is 0 Å². The largest absolute Gasteiger partial charge is 0.374 e. The average molecular weight is 224 g/mol. The van der Waals surface area contributed by atoms with E-state index >= 15 is 0 Å². The molecule has 0 heterocycles. The van der Waals surface area contributed by atoms with Crippen molar-refractivity contribution in [2.24, 2.45) is 11.7 Å². The summed E-state index contributed by atoms with van der Waals surface area (Å²) in [6, 6.07) is 4.83. The highest BCUT2D eigenvalue weighted by Crippen LogP contribution is 2.27. The molecule has 0 aliphatic rings. The first kappa shape index (κ1) is 13.0. The Labute approximate surface area is 97.3 Å². The molecule has 1 aromatic rings. The van der Waals surface area contributed by atoms with Crippen LogP contribution < -0.4 is 10.6 Å². The van der Waals surface area contributed by atoms with Crippen LogP contribution in [0.2, 0.25) is 0 Å². The molecule has 0 aliphatic heterocycles. The molecule has 1 rings (SSSR count). The Hall–Kier alpha value is -1.09. The third kappa shape index (κ3) is 2.95. The number of hydrogen-bond acceptors (Lipinski definition) is 2. The molecule has 0 radical (unpaired) electrons. The first-order valence-electron chi connectivity index (χ1n) is 5.68. The number of rotatable bonds is 4. The number of benzene rings is 1. The average Bonchev–Trinajstić information content (AvgIpc) is 2.15. The second kappa shape index (κ2) is 5.30. The molecular formula is C13H21FN2. The molecule has 0 aliphatic carbocycles. The maximum atomic E-state index is 13.7. The van der Waals surface area contributed by atoms with E-state index in [1.165, 1.54) is 6.07 Å². The van der Waals surface area contributed by atoms with Gasteiger partial charge in [0.2, 0.25) is 0 Å². The maximum Gasteiger partial charge on any atom is 0.130 e. The molecule has 0 bridgehead atoms. The number of anilines is 1. The second-order valence-corrected chi connectivity index (χ2v) is 4.74. The lowest BCUT2D eigenvalue weighted by Gasteiger charge is -2.25. The van der Waals surface area contributed by atoms with E-state index in [1.807, 2.05) is 20.0 Å². The highest BCUT2D eigenvalue weighted by Gasteiger charge is 2.15. The zero-order valence-electron chi connectivity index (χ0n) is 10.5. The van der Waals surface area contributed by atoms with E-state index < -0.39 is 0 Å². The second-order valence-electron chi connectivity index (χ2n) is 4.74. The van der Waals surface area contributed by atoms with Gasteiger partial charge in [-0.1, -0.05) is 19.9 Å². The summed E-state index contributed by atoms with van der Waals surface area (Å²) in [4.78, 5) is 2.06. The SMILES string of the molecule is CC(C)CN(C)c1cccc(F)c1[C@@H](C)N. The Bertz CT molecular complexity index is 348. The molecule has 0 spiro atoms. The molecule has 0 saturated carbocycles. The Morgan fingerprint density at radius 2 is 1.94 bits per heavy atom. The van der Waals surface area contributed by atoms with E-state index in [4.69, 9.17) is 5.73 Å². The summed E-state index contributed by atoms with van der Waals surface area (Å²) in [5.41, 5.74) is 7.31. The highest BCUT2D eigenvalue weighted by atomic mass is 19.1. The fourth-order valence-corrected chi connectivity index (χ4v) is 1.96. The minimum absolute atomic E-state index is 0.219. The summed E-state index contributed by atoms with van der Waals surface area (Å²) >= 11 is 0. The molecular weight excluding hydrogens is 203 g/mol. The van der Waals surface area contributed by atoms with Crippen LogP contribution in [0.5, 0.6) is 0 Å². The third-order valence-corrected chi connectivity index (χ3v) is 2.54. The fraction of sp³-hybridized carbons (Fsp3) is 0.538. The van der Waals surface area contributed by atoms with Crippen molar-refractivity contribution in [3.05, 3.63) is 29.6 Å². The van der Waals surface area contributed by atoms with Gasteiger partial charge in [0.1, 0.15) is 5.82 Å². The van der Waals surface area contributed by atoms with Gasteiger partial charge in [-0.3, -0.25) is 0 Å². The Balaban J connectivity index is 3.07. The van der Waals surface area contributed by atoms with Gasteiger partial charge in [-0.25, -0.2) is 4.39 Å². The monoisotopic (exact) mass is 224 g/mol. The Morgan fingerprint density at radius 3 is 2.44 bits per heavy atom. The van der Waals surface area contributed by atoms with Crippen molar-refractivity contribution in [1.29, 1.82) is 0 Å². The summed E-state index contributed by atoms with van der Waals surface area (Å²) < 4.78 is 13.7. The van der Waals surface area contributed by atoms with Gasteiger partial charge in [0.25, 0.3) is 0 Å². The van der Waals surface area contributed by atoms with Crippen molar-refractivity contribution in [2.45, 2.75) is 26.8 Å². The van der Waals surface area contributed by atoms with E-state index in [0.717, 1.165) is 12.2 Å². The summed E-state index contributed by atoms with van der Waals surface area (Å²) in [5, 5.41) is 0.